The molecule has 1 amide bonds. The van der Waals surface area contributed by atoms with Crippen LogP contribution in [0.25, 0.3) is 11.0 Å². The molecule has 0 aliphatic carbocycles. The Balaban J connectivity index is 1.79. The molecule has 1 aromatic heterocycles. The summed E-state index contributed by atoms with van der Waals surface area (Å²) < 4.78 is 10.7. The molecule has 0 spiro atoms. The Bertz CT molecular complexity index is 1280. The summed E-state index contributed by atoms with van der Waals surface area (Å²) >= 11 is 6.13. The van der Waals surface area contributed by atoms with Crippen molar-refractivity contribution in [3.63, 3.8) is 0 Å². The molecule has 8 heteroatoms. The van der Waals surface area contributed by atoms with Gasteiger partial charge < -0.3 is 19.0 Å². The van der Waals surface area contributed by atoms with Crippen molar-refractivity contribution in [2.45, 2.75) is 26.3 Å². The van der Waals surface area contributed by atoms with E-state index in [1.54, 1.807) is 47.4 Å². The van der Waals surface area contributed by atoms with Crippen molar-refractivity contribution in [2.75, 3.05) is 33.3 Å². The molecule has 7 nitrogen and oxygen atoms in total. The molecule has 0 fully saturated rings. The minimum absolute atomic E-state index is 0.0599. The maximum atomic E-state index is 13.6. The number of rotatable bonds is 8. The number of benzene rings is 2. The first-order valence-electron chi connectivity index (χ1n) is 11.4. The lowest BCUT2D eigenvalue weighted by atomic mass is 9.97. The predicted molar refractivity (Wildman–Crippen MR) is 131 cm³/mol. The third-order valence-corrected chi connectivity index (χ3v) is 6.58. The fraction of sp³-hybridized carbons (Fsp3) is 0.346. The van der Waals surface area contributed by atoms with Crippen LogP contribution in [0.4, 0.5) is 0 Å². The first kappa shape index (κ1) is 24.0. The number of carbonyl (C=O) groups excluding carboxylic acids is 2. The van der Waals surface area contributed by atoms with Crippen LogP contribution in [0.15, 0.2) is 51.7 Å². The first-order valence-corrected chi connectivity index (χ1v) is 11.7. The first-order chi connectivity index (χ1) is 16.4. The number of ether oxygens (including phenoxy) is 1. The number of nitrogens with zero attached hydrogens (tertiary/aromatic N) is 2. The summed E-state index contributed by atoms with van der Waals surface area (Å²) in [5, 5.41) is 0.749. The Morgan fingerprint density at radius 1 is 1.12 bits per heavy atom. The molecular weight excluding hydrogens is 456 g/mol. The van der Waals surface area contributed by atoms with Gasteiger partial charge in [-0.3, -0.25) is 9.59 Å². The molecule has 34 heavy (non-hydrogen) atoms. The summed E-state index contributed by atoms with van der Waals surface area (Å²) in [6.07, 6.45) is 0.748. The third-order valence-electron chi connectivity index (χ3n) is 6.34. The Kier molecular flexibility index (Phi) is 7.05. The topological polar surface area (TPSA) is 80.1 Å². The average molecular weight is 483 g/mol. The Labute approximate surface area is 202 Å². The molecule has 2 heterocycles. The molecule has 0 N–H and O–H groups in total. The van der Waals surface area contributed by atoms with Gasteiger partial charge in [0, 0.05) is 11.6 Å². The van der Waals surface area contributed by atoms with Crippen molar-refractivity contribution in [1.29, 1.82) is 0 Å². The molecule has 1 aliphatic rings. The van der Waals surface area contributed by atoms with Gasteiger partial charge in [-0.05, 0) is 62.0 Å². The molecular formula is C26H27ClN2O5. The van der Waals surface area contributed by atoms with E-state index in [9.17, 15) is 14.4 Å². The second-order valence-corrected chi connectivity index (χ2v) is 8.65. The van der Waals surface area contributed by atoms with Gasteiger partial charge in [-0.2, -0.15) is 0 Å². The summed E-state index contributed by atoms with van der Waals surface area (Å²) in [5.74, 6) is -0.707. The van der Waals surface area contributed by atoms with E-state index in [1.807, 2.05) is 0 Å². The molecule has 1 aliphatic heterocycles. The van der Waals surface area contributed by atoms with Crippen LogP contribution in [0.5, 0.6) is 0 Å². The maximum Gasteiger partial charge on any atom is 0.337 e. The Morgan fingerprint density at radius 3 is 2.47 bits per heavy atom. The second-order valence-electron chi connectivity index (χ2n) is 8.21. The van der Waals surface area contributed by atoms with E-state index in [1.165, 1.54) is 7.11 Å². The van der Waals surface area contributed by atoms with Gasteiger partial charge in [0.1, 0.15) is 5.58 Å². The molecule has 0 bridgehead atoms. The zero-order valence-electron chi connectivity index (χ0n) is 19.5. The molecule has 2 aromatic carbocycles. The van der Waals surface area contributed by atoms with E-state index >= 15 is 0 Å². The van der Waals surface area contributed by atoms with Crippen molar-refractivity contribution in [2.24, 2.45) is 0 Å². The van der Waals surface area contributed by atoms with E-state index in [2.05, 4.69) is 18.7 Å². The molecule has 3 aromatic rings. The van der Waals surface area contributed by atoms with Gasteiger partial charge >= 0.3 is 5.97 Å². The van der Waals surface area contributed by atoms with E-state index in [4.69, 9.17) is 20.8 Å². The number of hydrogen-bond donors (Lipinski definition) is 0. The van der Waals surface area contributed by atoms with Crippen LogP contribution in [0.3, 0.4) is 0 Å². The number of fused-ring (bicyclic) bond motifs is 2. The predicted octanol–water partition coefficient (Wildman–Crippen LogP) is 4.51. The zero-order valence-corrected chi connectivity index (χ0v) is 20.2. The van der Waals surface area contributed by atoms with E-state index < -0.39 is 12.0 Å². The normalized spacial score (nSPS) is 15.3. The minimum atomic E-state index is -0.620. The van der Waals surface area contributed by atoms with Gasteiger partial charge in [-0.15, -0.1) is 0 Å². The van der Waals surface area contributed by atoms with Crippen molar-refractivity contribution < 1.29 is 18.7 Å². The van der Waals surface area contributed by atoms with Gasteiger partial charge in [0.15, 0.2) is 5.43 Å². The highest BCUT2D eigenvalue weighted by Gasteiger charge is 2.42. The van der Waals surface area contributed by atoms with Crippen LogP contribution < -0.4 is 5.43 Å². The summed E-state index contributed by atoms with van der Waals surface area (Å²) in [5.41, 5.74) is 1.46. The van der Waals surface area contributed by atoms with Gasteiger partial charge in [-0.1, -0.05) is 37.6 Å². The Morgan fingerprint density at radius 2 is 1.82 bits per heavy atom. The van der Waals surface area contributed by atoms with Crippen molar-refractivity contribution >= 4 is 34.4 Å². The number of methoxy groups -OCH3 is 1. The minimum Gasteiger partial charge on any atom is -0.465 e. The molecule has 0 radical (unpaired) electrons. The van der Waals surface area contributed by atoms with Crippen LogP contribution in [-0.4, -0.2) is 55.0 Å². The number of esters is 1. The van der Waals surface area contributed by atoms with Crippen LogP contribution in [0, 0.1) is 0 Å². The van der Waals surface area contributed by atoms with Crippen molar-refractivity contribution in [3.05, 3.63) is 80.2 Å². The van der Waals surface area contributed by atoms with E-state index in [0.29, 0.717) is 33.7 Å². The van der Waals surface area contributed by atoms with E-state index in [0.717, 1.165) is 31.6 Å². The molecule has 1 atom stereocenters. The van der Waals surface area contributed by atoms with Crippen LogP contribution in [0.1, 0.15) is 58.3 Å². The zero-order chi connectivity index (χ0) is 24.4. The quantitative estimate of drug-likeness (QED) is 0.439. The highest BCUT2D eigenvalue weighted by atomic mass is 35.5. The summed E-state index contributed by atoms with van der Waals surface area (Å²) in [4.78, 5) is 42.9. The third kappa shape index (κ3) is 4.33. The molecule has 4 rings (SSSR count). The maximum absolute atomic E-state index is 13.6. The molecule has 0 unspecified atom stereocenters. The SMILES string of the molecule is CCN(CC)CCCN1C(=O)c2oc3ccc(Cl)cc3c(=O)c2[C@H]1c1ccc(C(=O)OC)cc1. The standard InChI is InChI=1S/C26H27ClN2O5/c1-4-28(5-2)13-6-14-29-22(16-7-9-17(10-8-16)26(32)33-3)21-23(30)19-15-18(27)11-12-20(19)34-24(21)25(29)31/h7-12,15,22H,4-6,13-14H2,1-3H3/t22-/m1/s1. The molecule has 0 saturated heterocycles. The monoisotopic (exact) mass is 482 g/mol. The lowest BCUT2D eigenvalue weighted by Crippen LogP contribution is -2.33. The lowest BCUT2D eigenvalue weighted by Gasteiger charge is -2.26. The summed E-state index contributed by atoms with van der Waals surface area (Å²) in [7, 11) is 1.32. The van der Waals surface area contributed by atoms with Crippen LogP contribution in [0.2, 0.25) is 5.02 Å². The number of amides is 1. The van der Waals surface area contributed by atoms with Crippen molar-refractivity contribution in [1.82, 2.24) is 9.80 Å². The van der Waals surface area contributed by atoms with Gasteiger partial charge in [-0.25, -0.2) is 4.79 Å². The highest BCUT2D eigenvalue weighted by Crippen LogP contribution is 2.38. The number of carbonyl (C=O) groups is 2. The van der Waals surface area contributed by atoms with Crippen molar-refractivity contribution in [3.8, 4) is 0 Å². The van der Waals surface area contributed by atoms with Gasteiger partial charge in [0.25, 0.3) is 5.91 Å². The average Bonchev–Trinajstić information content (AvgIpc) is 3.13. The van der Waals surface area contributed by atoms with Gasteiger partial charge in [0.2, 0.25) is 5.76 Å². The largest absolute Gasteiger partial charge is 0.465 e. The summed E-state index contributed by atoms with van der Waals surface area (Å²) in [6.45, 7) is 7.35. The smallest absolute Gasteiger partial charge is 0.337 e. The van der Waals surface area contributed by atoms with Gasteiger partial charge in [0.05, 0.1) is 29.7 Å². The Hall–Kier alpha value is -3.16. The van der Waals surface area contributed by atoms with Crippen LogP contribution in [-0.2, 0) is 4.74 Å². The fourth-order valence-electron chi connectivity index (χ4n) is 4.49. The second kappa shape index (κ2) is 9.99. The lowest BCUT2D eigenvalue weighted by molar-refractivity contribution is 0.0599. The summed E-state index contributed by atoms with van der Waals surface area (Å²) in [6, 6.07) is 10.9. The van der Waals surface area contributed by atoms with Crippen LogP contribution >= 0.6 is 11.6 Å². The van der Waals surface area contributed by atoms with E-state index in [-0.39, 0.29) is 17.1 Å². The molecule has 178 valence electrons. The fourth-order valence-corrected chi connectivity index (χ4v) is 4.67. The number of hydrogen-bond acceptors (Lipinski definition) is 6. The highest BCUT2D eigenvalue weighted by molar-refractivity contribution is 6.31. The number of halogens is 1. The molecule has 0 saturated carbocycles.